The van der Waals surface area contributed by atoms with E-state index in [1.165, 1.54) is 0 Å². The van der Waals surface area contributed by atoms with Crippen LogP contribution in [0.25, 0.3) is 11.1 Å². The fourth-order valence-corrected chi connectivity index (χ4v) is 6.77. The summed E-state index contributed by atoms with van der Waals surface area (Å²) >= 11 is 0. The van der Waals surface area contributed by atoms with Crippen LogP contribution in [-0.2, 0) is 38.7 Å². The molecule has 2 aliphatic heterocycles. The summed E-state index contributed by atoms with van der Waals surface area (Å²) in [6.07, 6.45) is 1.29. The van der Waals surface area contributed by atoms with Crippen LogP contribution >= 0.6 is 0 Å². The average molecular weight is 692 g/mol. The van der Waals surface area contributed by atoms with E-state index in [2.05, 4.69) is 33.7 Å². The van der Waals surface area contributed by atoms with Crippen LogP contribution in [0.2, 0.25) is 0 Å². The summed E-state index contributed by atoms with van der Waals surface area (Å²) in [5, 5.41) is 15.5. The Balaban J connectivity index is 1.16. The molecule has 0 aromatic heterocycles. The maximum absolute atomic E-state index is 13.1. The lowest BCUT2D eigenvalue weighted by Gasteiger charge is -2.38. The number of carbonyl (C=O) groups excluding carboxylic acids is 2. The van der Waals surface area contributed by atoms with Gasteiger partial charge < -0.3 is 30.0 Å². The number of carbonyl (C=O) groups is 2. The highest BCUT2D eigenvalue weighted by molar-refractivity contribution is 5.76. The Morgan fingerprint density at radius 3 is 2.24 bits per heavy atom. The van der Waals surface area contributed by atoms with Crippen LogP contribution in [-0.4, -0.2) is 52.8 Å². The van der Waals surface area contributed by atoms with Crippen molar-refractivity contribution in [3.8, 4) is 11.1 Å². The van der Waals surface area contributed by atoms with Crippen LogP contribution < -0.4 is 10.6 Å². The minimum Gasteiger partial charge on any atom is -0.459 e. The predicted molar refractivity (Wildman–Crippen MR) is 196 cm³/mol. The molecule has 0 spiro atoms. The van der Waals surface area contributed by atoms with Crippen molar-refractivity contribution in [2.45, 2.75) is 89.9 Å². The molecule has 6 rings (SSSR count). The van der Waals surface area contributed by atoms with Crippen molar-refractivity contribution in [3.05, 3.63) is 131 Å². The summed E-state index contributed by atoms with van der Waals surface area (Å²) in [7, 11) is 0. The Morgan fingerprint density at radius 2 is 1.51 bits per heavy atom. The second kappa shape index (κ2) is 16.7. The Labute approximate surface area is 300 Å². The number of likely N-dealkylation sites (tertiary alicyclic amines) is 1. The van der Waals surface area contributed by atoms with Gasteiger partial charge in [0, 0.05) is 31.6 Å². The number of urea groups is 1. The van der Waals surface area contributed by atoms with Gasteiger partial charge in [0.2, 0.25) is 0 Å². The van der Waals surface area contributed by atoms with Crippen LogP contribution in [0.5, 0.6) is 0 Å². The minimum atomic E-state index is -0.617. The van der Waals surface area contributed by atoms with Crippen molar-refractivity contribution >= 4 is 12.0 Å². The standard InChI is InChI=1S/C42H49N3O6/c1-42(2,3)51-39(47)37-14-9-23-45(37)27-35-24-38(32-17-15-30(28-46)16-18-32)50-40(49-35)33-21-19-31(20-22-33)36-13-8-7-12-34(36)26-44-41(48)43-25-29-10-5-4-6-11-29/h4-8,10-13,15-22,35,37-38,40,46H,9,14,23-28H2,1-3H3,(H2,43,44,48)/t35-,37-,38+,40+/m0/s1. The van der Waals surface area contributed by atoms with Crippen LogP contribution in [0.1, 0.15) is 80.2 Å². The third-order valence-corrected chi connectivity index (χ3v) is 9.34. The molecule has 2 fully saturated rings. The number of amides is 2. The number of hydrogen-bond donors (Lipinski definition) is 3. The zero-order valence-electron chi connectivity index (χ0n) is 29.7. The quantitative estimate of drug-likeness (QED) is 0.143. The summed E-state index contributed by atoms with van der Waals surface area (Å²) in [4.78, 5) is 27.9. The largest absolute Gasteiger partial charge is 0.459 e. The average Bonchev–Trinajstić information content (AvgIpc) is 3.61. The smallest absolute Gasteiger partial charge is 0.323 e. The van der Waals surface area contributed by atoms with Crippen molar-refractivity contribution in [2.24, 2.45) is 0 Å². The monoisotopic (exact) mass is 691 g/mol. The summed E-state index contributed by atoms with van der Waals surface area (Å²) in [5.41, 5.74) is 6.29. The maximum atomic E-state index is 13.1. The van der Waals surface area contributed by atoms with Crippen LogP contribution in [0.4, 0.5) is 4.79 Å². The first kappa shape index (κ1) is 36.3. The molecule has 2 aliphatic rings. The Hall–Kier alpha value is -4.54. The number of benzene rings is 4. The summed E-state index contributed by atoms with van der Waals surface area (Å²) in [6.45, 7) is 7.92. The molecular formula is C42H49N3O6. The first-order valence-electron chi connectivity index (χ1n) is 17.9. The molecule has 0 saturated carbocycles. The Morgan fingerprint density at radius 1 is 0.824 bits per heavy atom. The molecule has 2 heterocycles. The highest BCUT2D eigenvalue weighted by atomic mass is 16.7. The third-order valence-electron chi connectivity index (χ3n) is 9.34. The molecule has 0 aliphatic carbocycles. The zero-order valence-corrected chi connectivity index (χ0v) is 29.7. The van der Waals surface area contributed by atoms with Gasteiger partial charge in [-0.05, 0) is 73.5 Å². The highest BCUT2D eigenvalue weighted by Crippen LogP contribution is 2.39. The molecule has 2 amide bonds. The SMILES string of the molecule is CC(C)(C)OC(=O)[C@@H]1CCCN1C[C@@H]1C[C@H](c2ccc(CO)cc2)O[C@H](c2ccc(-c3ccccc3CNC(=O)NCc3ccccc3)cc2)O1. The van der Waals surface area contributed by atoms with Gasteiger partial charge in [-0.2, -0.15) is 0 Å². The molecule has 4 atom stereocenters. The maximum Gasteiger partial charge on any atom is 0.323 e. The minimum absolute atomic E-state index is 0.0197. The first-order valence-corrected chi connectivity index (χ1v) is 17.9. The lowest BCUT2D eigenvalue weighted by Crippen LogP contribution is -2.45. The lowest BCUT2D eigenvalue weighted by molar-refractivity contribution is -0.253. The molecule has 9 heteroatoms. The number of aliphatic hydroxyl groups excluding tert-OH is 1. The molecule has 268 valence electrons. The summed E-state index contributed by atoms with van der Waals surface area (Å²) in [6, 6.07) is 33.4. The zero-order chi connectivity index (χ0) is 35.8. The number of esters is 1. The van der Waals surface area contributed by atoms with Gasteiger partial charge in [-0.15, -0.1) is 0 Å². The lowest BCUT2D eigenvalue weighted by atomic mass is 9.97. The van der Waals surface area contributed by atoms with Gasteiger partial charge in [0.25, 0.3) is 0 Å². The summed E-state index contributed by atoms with van der Waals surface area (Å²) in [5.74, 6) is -0.182. The molecule has 2 saturated heterocycles. The van der Waals surface area contributed by atoms with Crippen molar-refractivity contribution in [1.82, 2.24) is 15.5 Å². The van der Waals surface area contributed by atoms with Crippen molar-refractivity contribution in [3.63, 3.8) is 0 Å². The van der Waals surface area contributed by atoms with Crippen LogP contribution in [0.15, 0.2) is 103 Å². The molecule has 0 bridgehead atoms. The molecule has 4 aromatic carbocycles. The van der Waals surface area contributed by atoms with E-state index in [0.717, 1.165) is 58.3 Å². The van der Waals surface area contributed by atoms with Crippen molar-refractivity contribution < 1.29 is 28.9 Å². The van der Waals surface area contributed by atoms with Crippen LogP contribution in [0, 0.1) is 0 Å². The van der Waals surface area contributed by atoms with E-state index in [1.54, 1.807) is 0 Å². The van der Waals surface area contributed by atoms with E-state index < -0.39 is 11.9 Å². The molecule has 0 unspecified atom stereocenters. The van der Waals surface area contributed by atoms with E-state index in [-0.39, 0.29) is 36.9 Å². The van der Waals surface area contributed by atoms with Crippen molar-refractivity contribution in [2.75, 3.05) is 13.1 Å². The first-order chi connectivity index (χ1) is 24.6. The van der Waals surface area contributed by atoms with Crippen molar-refractivity contribution in [1.29, 1.82) is 0 Å². The van der Waals surface area contributed by atoms with Gasteiger partial charge in [-0.1, -0.05) is 103 Å². The fourth-order valence-electron chi connectivity index (χ4n) is 6.77. The van der Waals surface area contributed by atoms with Crippen LogP contribution in [0.3, 0.4) is 0 Å². The molecule has 0 radical (unpaired) electrons. The molecule has 3 N–H and O–H groups in total. The normalized spacial score (nSPS) is 20.9. The molecular weight excluding hydrogens is 642 g/mol. The van der Waals surface area contributed by atoms with E-state index in [0.29, 0.717) is 26.1 Å². The number of nitrogens with zero attached hydrogens (tertiary/aromatic N) is 1. The molecule has 9 nitrogen and oxygen atoms in total. The number of nitrogens with one attached hydrogen (secondary N) is 2. The third kappa shape index (κ3) is 9.83. The second-order valence-electron chi connectivity index (χ2n) is 14.3. The van der Waals surface area contributed by atoms with E-state index >= 15 is 0 Å². The van der Waals surface area contributed by atoms with Gasteiger partial charge in [0.1, 0.15) is 11.6 Å². The highest BCUT2D eigenvalue weighted by Gasteiger charge is 2.39. The van der Waals surface area contributed by atoms with E-state index in [9.17, 15) is 14.7 Å². The summed E-state index contributed by atoms with van der Waals surface area (Å²) < 4.78 is 19.0. The molecule has 51 heavy (non-hydrogen) atoms. The van der Waals surface area contributed by atoms with Gasteiger partial charge in [0.15, 0.2) is 6.29 Å². The Bertz CT molecular complexity index is 1740. The van der Waals surface area contributed by atoms with Gasteiger partial charge >= 0.3 is 12.0 Å². The van der Waals surface area contributed by atoms with Gasteiger partial charge in [0.05, 0.1) is 18.8 Å². The van der Waals surface area contributed by atoms with Gasteiger partial charge in [-0.25, -0.2) is 4.79 Å². The molecule has 4 aromatic rings. The second-order valence-corrected chi connectivity index (χ2v) is 14.3. The Kier molecular flexibility index (Phi) is 11.8. The number of aliphatic hydroxyl groups is 1. The van der Waals surface area contributed by atoms with E-state index in [1.807, 2.05) is 106 Å². The number of ether oxygens (including phenoxy) is 3. The number of rotatable bonds is 11. The van der Waals surface area contributed by atoms with E-state index in [4.69, 9.17) is 14.2 Å². The van der Waals surface area contributed by atoms with Gasteiger partial charge in [-0.3, -0.25) is 9.69 Å². The number of hydrogen-bond acceptors (Lipinski definition) is 7. The fraction of sp³-hybridized carbons (Fsp3) is 0.381. The topological polar surface area (TPSA) is 109 Å². The predicted octanol–water partition coefficient (Wildman–Crippen LogP) is 7.20.